The molecule has 3 heterocycles. The molecule has 10 aromatic rings. The first-order valence-electron chi connectivity index (χ1n) is 21.8. The van der Waals surface area contributed by atoms with Gasteiger partial charge in [0.15, 0.2) is 0 Å². The summed E-state index contributed by atoms with van der Waals surface area (Å²) in [6.07, 6.45) is 0. The number of anilines is 6. The number of benzene rings is 9. The first-order chi connectivity index (χ1) is 31.3. The minimum atomic E-state index is -3.28. The monoisotopic (exact) mass is 837 g/mol. The Labute approximate surface area is 371 Å². The Hall–Kier alpha value is -7.71. The number of para-hydroxylation sites is 5. The van der Waals surface area contributed by atoms with Crippen LogP contribution in [0, 0.1) is 0 Å². The molecule has 0 radical (unpaired) electrons. The largest absolute Gasteiger partial charge is 0.319 e. The lowest BCUT2D eigenvalue weighted by atomic mass is 10.1. The van der Waals surface area contributed by atoms with Crippen molar-refractivity contribution >= 4 is 92.0 Å². The van der Waals surface area contributed by atoms with Crippen LogP contribution in [0.2, 0.25) is 0 Å². The Balaban J connectivity index is 1.43. The van der Waals surface area contributed by atoms with Crippen LogP contribution < -0.4 is 51.6 Å². The predicted octanol–water partition coefficient (Wildman–Crippen LogP) is 8.80. The minimum Gasteiger partial charge on any atom is -0.319 e. The molecule has 9 aromatic carbocycles. The maximum atomic E-state index is 2.79. The number of aromatic nitrogens is 1. The Morgan fingerprint density at radius 2 is 0.492 bits per heavy atom. The van der Waals surface area contributed by atoms with Crippen LogP contribution in [0.4, 0.5) is 34.1 Å². The molecule has 63 heavy (non-hydrogen) atoms. The van der Waals surface area contributed by atoms with Gasteiger partial charge in [0, 0.05) is 39.1 Å². The molecular weight excluding hydrogens is 795 g/mol. The Kier molecular flexibility index (Phi) is 8.85. The highest BCUT2D eigenvalue weighted by Crippen LogP contribution is 2.50. The van der Waals surface area contributed by atoms with Gasteiger partial charge >= 0.3 is 0 Å². The molecule has 0 unspecified atom stereocenters. The van der Waals surface area contributed by atoms with Crippen molar-refractivity contribution in [2.45, 2.75) is 0 Å². The molecule has 0 saturated heterocycles. The van der Waals surface area contributed by atoms with E-state index in [9.17, 15) is 0 Å². The molecule has 12 rings (SSSR count). The van der Waals surface area contributed by atoms with Crippen LogP contribution in [0.5, 0.6) is 0 Å². The molecule has 3 nitrogen and oxygen atoms in total. The summed E-state index contributed by atoms with van der Waals surface area (Å²) in [4.78, 5) is 5.22. The van der Waals surface area contributed by atoms with Gasteiger partial charge in [-0.3, -0.25) is 0 Å². The van der Waals surface area contributed by atoms with Crippen molar-refractivity contribution in [2.24, 2.45) is 0 Å². The zero-order chi connectivity index (χ0) is 41.8. The zero-order valence-corrected chi connectivity index (χ0v) is 36.7. The predicted molar refractivity (Wildman–Crippen MR) is 269 cm³/mol. The van der Waals surface area contributed by atoms with Gasteiger partial charge in [-0.05, 0) is 79.7 Å². The van der Waals surface area contributed by atoms with Gasteiger partial charge in [0.2, 0.25) is 16.1 Å². The molecule has 0 atom stereocenters. The fraction of sp³-hybridized carbons (Fsp3) is 0. The fourth-order valence-corrected chi connectivity index (χ4v) is 21.5. The van der Waals surface area contributed by atoms with Crippen molar-refractivity contribution < 1.29 is 0 Å². The van der Waals surface area contributed by atoms with E-state index in [1.807, 2.05) is 0 Å². The average molecular weight is 838 g/mol. The van der Waals surface area contributed by atoms with Crippen molar-refractivity contribution in [3.8, 4) is 5.69 Å². The maximum absolute atomic E-state index is 3.28. The molecule has 0 bridgehead atoms. The van der Waals surface area contributed by atoms with E-state index in [-0.39, 0.29) is 0 Å². The van der Waals surface area contributed by atoms with Gasteiger partial charge in [-0.25, -0.2) is 0 Å². The minimum absolute atomic E-state index is 1.13. The second-order valence-corrected chi connectivity index (χ2v) is 23.7. The highest BCUT2D eigenvalue weighted by molar-refractivity contribution is 7.24. The molecule has 2 aliphatic heterocycles. The second-order valence-electron chi connectivity index (χ2n) is 16.4. The van der Waals surface area contributed by atoms with Crippen molar-refractivity contribution in [3.63, 3.8) is 0 Å². The van der Waals surface area contributed by atoms with Gasteiger partial charge in [0.25, 0.3) is 0 Å². The SMILES string of the molecule is c1ccc(N2c3ccccc3[Si](c3ccccc3)(c3ccccc3)c3c2c2c(n3-c3ccccc3)[Si](c3ccccc3)(c3ccccc3)c3ccccc3N2c2ccccc2)cc1. The van der Waals surface area contributed by atoms with E-state index in [0.717, 1.165) is 17.1 Å². The lowest BCUT2D eigenvalue weighted by molar-refractivity contribution is 1.13. The van der Waals surface area contributed by atoms with Crippen LogP contribution in [0.15, 0.2) is 261 Å². The molecule has 0 saturated carbocycles. The van der Waals surface area contributed by atoms with Crippen LogP contribution in [-0.4, -0.2) is 20.7 Å². The van der Waals surface area contributed by atoms with Gasteiger partial charge < -0.3 is 14.4 Å². The number of hydrogen-bond donors (Lipinski definition) is 0. The summed E-state index contributed by atoms with van der Waals surface area (Å²) >= 11 is 0. The first kappa shape index (κ1) is 37.1. The van der Waals surface area contributed by atoms with Crippen LogP contribution in [-0.2, 0) is 0 Å². The molecule has 0 spiro atoms. The second kappa shape index (κ2) is 15.0. The molecule has 2 aliphatic rings. The Bertz CT molecular complexity index is 2940. The van der Waals surface area contributed by atoms with E-state index < -0.39 is 16.1 Å². The maximum Gasteiger partial charge on any atom is 0.204 e. The topological polar surface area (TPSA) is 11.4 Å². The van der Waals surface area contributed by atoms with E-state index in [1.54, 1.807) is 0 Å². The van der Waals surface area contributed by atoms with Crippen molar-refractivity contribution in [1.82, 2.24) is 4.57 Å². The van der Waals surface area contributed by atoms with E-state index in [2.05, 4.69) is 275 Å². The van der Waals surface area contributed by atoms with Gasteiger partial charge in [-0.2, -0.15) is 0 Å². The van der Waals surface area contributed by atoms with E-state index >= 15 is 0 Å². The van der Waals surface area contributed by atoms with Crippen molar-refractivity contribution in [2.75, 3.05) is 9.80 Å². The normalized spacial score (nSPS) is 14.2. The van der Waals surface area contributed by atoms with Crippen LogP contribution in [0.3, 0.4) is 0 Å². The highest BCUT2D eigenvalue weighted by Gasteiger charge is 2.59. The summed E-state index contributed by atoms with van der Waals surface area (Å²) in [5.74, 6) is 0. The first-order valence-corrected chi connectivity index (χ1v) is 25.8. The summed E-state index contributed by atoms with van der Waals surface area (Å²) in [5.41, 5.74) is 8.27. The highest BCUT2D eigenvalue weighted by atomic mass is 28.3. The van der Waals surface area contributed by atoms with Crippen molar-refractivity contribution in [3.05, 3.63) is 261 Å². The number of nitrogens with zero attached hydrogens (tertiary/aromatic N) is 3. The van der Waals surface area contributed by atoms with E-state index in [4.69, 9.17) is 0 Å². The Morgan fingerprint density at radius 3 is 0.810 bits per heavy atom. The molecule has 1 aromatic heterocycles. The zero-order valence-electron chi connectivity index (χ0n) is 34.7. The van der Waals surface area contributed by atoms with Gasteiger partial charge in [0.05, 0.1) is 11.4 Å². The molecule has 298 valence electrons. The number of fused-ring (bicyclic) bond motifs is 5. The molecule has 0 aliphatic carbocycles. The van der Waals surface area contributed by atoms with Gasteiger partial charge in [0.1, 0.15) is 0 Å². The van der Waals surface area contributed by atoms with Crippen LogP contribution in [0.25, 0.3) is 5.69 Å². The van der Waals surface area contributed by atoms with E-state index in [1.165, 1.54) is 64.5 Å². The van der Waals surface area contributed by atoms with Crippen LogP contribution >= 0.6 is 0 Å². The van der Waals surface area contributed by atoms with Gasteiger partial charge in [-0.15, -0.1) is 0 Å². The Morgan fingerprint density at radius 1 is 0.238 bits per heavy atom. The summed E-state index contributed by atoms with van der Waals surface area (Å²) in [6.45, 7) is 0. The summed E-state index contributed by atoms with van der Waals surface area (Å²) in [5, 5.41) is 10.8. The van der Waals surface area contributed by atoms with E-state index in [0.29, 0.717) is 0 Å². The third kappa shape index (κ3) is 5.37. The summed E-state index contributed by atoms with van der Waals surface area (Å²) < 4.78 is 2.79. The third-order valence-electron chi connectivity index (χ3n) is 13.2. The lowest BCUT2D eigenvalue weighted by Gasteiger charge is -2.45. The molecule has 0 fully saturated rings. The third-order valence-corrected chi connectivity index (χ3v) is 22.8. The summed E-state index contributed by atoms with van der Waals surface area (Å²) in [6, 6.07) is 97.9. The van der Waals surface area contributed by atoms with Crippen LogP contribution in [0.1, 0.15) is 0 Å². The summed E-state index contributed by atoms with van der Waals surface area (Å²) in [7, 11) is -6.55. The smallest absolute Gasteiger partial charge is 0.204 e. The standard InChI is InChI=1S/C58H43N3Si2/c1-8-26-44(27-9-1)59-51-40-22-24-42-53(51)62(47-32-14-4-15-33-47,48-34-16-5-17-35-48)57-55(59)56-58(61(57)46-30-12-3-13-31-46)63(49-36-18-6-19-37-49,50-38-20-7-21-39-50)54-43-25-23-41-52(54)60(56)45-28-10-2-11-29-45/h1-43H. The van der Waals surface area contributed by atoms with Gasteiger partial charge in [-0.1, -0.05) is 212 Å². The molecule has 0 amide bonds. The quantitative estimate of drug-likeness (QED) is 0.149. The number of hydrogen-bond acceptors (Lipinski definition) is 2. The van der Waals surface area contributed by atoms with Crippen molar-refractivity contribution in [1.29, 1.82) is 0 Å². The lowest BCUT2D eigenvalue weighted by Crippen LogP contribution is -2.81. The molecule has 0 N–H and O–H groups in total. The molecular formula is C58H43N3Si2. The average Bonchev–Trinajstić information content (AvgIpc) is 3.72. The molecule has 5 heteroatoms. The fourth-order valence-electron chi connectivity index (χ4n) is 10.9. The number of rotatable bonds is 7.